The molecule has 3 rings (SSSR count). The number of carboxylic acids is 1. The average Bonchev–Trinajstić information content (AvgIpc) is 3.06. The van der Waals surface area contributed by atoms with Crippen LogP contribution in [0.5, 0.6) is 0 Å². The predicted molar refractivity (Wildman–Crippen MR) is 94.1 cm³/mol. The second kappa shape index (κ2) is 7.38. The Morgan fingerprint density at radius 1 is 1.15 bits per heavy atom. The molecule has 8 heteroatoms. The number of carbonyl (C=O) groups excluding carboxylic acids is 2. The van der Waals surface area contributed by atoms with E-state index in [-0.39, 0.29) is 5.91 Å². The molecule has 8 nitrogen and oxygen atoms in total. The molecule has 1 aliphatic heterocycles. The van der Waals surface area contributed by atoms with Crippen molar-refractivity contribution in [3.63, 3.8) is 0 Å². The molecule has 136 valence electrons. The highest BCUT2D eigenvalue weighted by atomic mass is 16.4. The molecule has 0 bridgehead atoms. The highest BCUT2D eigenvalue weighted by molar-refractivity contribution is 6.05. The second-order valence-electron chi connectivity index (χ2n) is 6.25. The van der Waals surface area contributed by atoms with Crippen LogP contribution in [-0.4, -0.2) is 38.7 Å². The number of benzene rings is 1. The molecule has 1 aromatic carbocycles. The smallest absolute Gasteiger partial charge is 0.325 e. The summed E-state index contributed by atoms with van der Waals surface area (Å²) < 4.78 is 1.87. The summed E-state index contributed by atoms with van der Waals surface area (Å²) in [5.74, 6) is -1.82. The Morgan fingerprint density at radius 3 is 2.58 bits per heavy atom. The third-order valence-corrected chi connectivity index (χ3v) is 4.35. The molecule has 26 heavy (non-hydrogen) atoms. The van der Waals surface area contributed by atoms with Gasteiger partial charge in [0.2, 0.25) is 0 Å². The summed E-state index contributed by atoms with van der Waals surface area (Å²) in [6.45, 7) is 2.22. The molecule has 1 unspecified atom stereocenters. The van der Waals surface area contributed by atoms with Gasteiger partial charge in [-0.25, -0.2) is 0 Å². The van der Waals surface area contributed by atoms with Crippen LogP contribution in [0.15, 0.2) is 30.5 Å². The minimum absolute atomic E-state index is 0.232. The molecule has 1 atom stereocenters. The van der Waals surface area contributed by atoms with Crippen LogP contribution in [0.2, 0.25) is 0 Å². The molecule has 0 aliphatic carbocycles. The molecule has 1 aromatic heterocycles. The van der Waals surface area contributed by atoms with Crippen LogP contribution in [0.25, 0.3) is 0 Å². The molecule has 0 radical (unpaired) electrons. The zero-order valence-corrected chi connectivity index (χ0v) is 14.4. The summed E-state index contributed by atoms with van der Waals surface area (Å²) >= 11 is 0. The molecule has 0 saturated heterocycles. The Labute approximate surface area is 150 Å². The number of nitrogens with one attached hydrogen (secondary N) is 2. The zero-order chi connectivity index (χ0) is 18.7. The number of fused-ring (bicyclic) bond motifs is 1. The van der Waals surface area contributed by atoms with Gasteiger partial charge < -0.3 is 15.7 Å². The molecule has 2 aromatic rings. The minimum Gasteiger partial charge on any atom is -0.480 e. The zero-order valence-electron chi connectivity index (χ0n) is 14.4. The lowest BCUT2D eigenvalue weighted by atomic mass is 10.1. The predicted octanol–water partition coefficient (Wildman–Crippen LogP) is 1.67. The highest BCUT2D eigenvalue weighted by Crippen LogP contribution is 2.19. The fourth-order valence-electron chi connectivity index (χ4n) is 2.86. The third-order valence-electron chi connectivity index (χ3n) is 4.35. The number of aliphatic carboxylic acids is 1. The van der Waals surface area contributed by atoms with Crippen LogP contribution in [0.3, 0.4) is 0 Å². The maximum Gasteiger partial charge on any atom is 0.325 e. The maximum absolute atomic E-state index is 12.5. The van der Waals surface area contributed by atoms with Crippen molar-refractivity contribution in [2.75, 3.05) is 5.32 Å². The van der Waals surface area contributed by atoms with Crippen molar-refractivity contribution in [1.82, 2.24) is 15.1 Å². The fourth-order valence-corrected chi connectivity index (χ4v) is 2.86. The normalized spacial score (nSPS) is 14.2. The Morgan fingerprint density at radius 2 is 1.88 bits per heavy atom. The molecular formula is C18H20N4O4. The van der Waals surface area contributed by atoms with Gasteiger partial charge in [-0.1, -0.05) is 0 Å². The van der Waals surface area contributed by atoms with Gasteiger partial charge in [-0.3, -0.25) is 19.1 Å². The first-order valence-electron chi connectivity index (χ1n) is 8.45. The minimum atomic E-state index is -1.10. The molecule has 2 amide bonds. The molecule has 2 heterocycles. The average molecular weight is 356 g/mol. The van der Waals surface area contributed by atoms with Gasteiger partial charge in [-0.2, -0.15) is 5.10 Å². The van der Waals surface area contributed by atoms with Crippen LogP contribution in [0.4, 0.5) is 5.69 Å². The lowest BCUT2D eigenvalue weighted by molar-refractivity contribution is -0.138. The van der Waals surface area contributed by atoms with E-state index in [9.17, 15) is 14.4 Å². The number of aryl methyl sites for hydroxylation is 1. The number of rotatable bonds is 5. The van der Waals surface area contributed by atoms with Crippen molar-refractivity contribution in [2.24, 2.45) is 0 Å². The number of aromatic nitrogens is 2. The summed E-state index contributed by atoms with van der Waals surface area (Å²) in [5, 5.41) is 18.3. The summed E-state index contributed by atoms with van der Waals surface area (Å²) in [6, 6.07) is 5.30. The molecule has 3 N–H and O–H groups in total. The quantitative estimate of drug-likeness (QED) is 0.754. The van der Waals surface area contributed by atoms with E-state index < -0.39 is 17.9 Å². The van der Waals surface area contributed by atoms with Crippen molar-refractivity contribution in [1.29, 1.82) is 0 Å². The van der Waals surface area contributed by atoms with Crippen molar-refractivity contribution in [3.05, 3.63) is 47.3 Å². The van der Waals surface area contributed by atoms with Crippen molar-refractivity contribution >= 4 is 23.5 Å². The first-order valence-corrected chi connectivity index (χ1v) is 8.45. The van der Waals surface area contributed by atoms with Crippen LogP contribution < -0.4 is 10.6 Å². The maximum atomic E-state index is 12.5. The largest absolute Gasteiger partial charge is 0.480 e. The van der Waals surface area contributed by atoms with E-state index in [2.05, 4.69) is 15.7 Å². The number of carbonyl (C=O) groups is 3. The molecule has 0 saturated carbocycles. The third kappa shape index (κ3) is 3.74. The van der Waals surface area contributed by atoms with E-state index in [1.54, 1.807) is 18.3 Å². The monoisotopic (exact) mass is 356 g/mol. The number of amides is 2. The van der Waals surface area contributed by atoms with E-state index in [0.29, 0.717) is 16.8 Å². The lowest BCUT2D eigenvalue weighted by Crippen LogP contribution is -2.38. The highest BCUT2D eigenvalue weighted by Gasteiger charge is 2.20. The van der Waals surface area contributed by atoms with Gasteiger partial charge in [0.25, 0.3) is 11.8 Å². The summed E-state index contributed by atoms with van der Waals surface area (Å²) in [5.41, 5.74) is 2.39. The first kappa shape index (κ1) is 17.7. The summed E-state index contributed by atoms with van der Waals surface area (Å²) in [4.78, 5) is 35.2. The SMILES string of the molecule is CC(NC(=O)c1ccc(NC(=O)c2cnn3c2CCCC3)cc1)C(=O)O. The van der Waals surface area contributed by atoms with Crippen LogP contribution in [-0.2, 0) is 17.8 Å². The van der Waals surface area contributed by atoms with Gasteiger partial charge in [0, 0.05) is 17.8 Å². The molecular weight excluding hydrogens is 336 g/mol. The second-order valence-corrected chi connectivity index (χ2v) is 6.25. The first-order chi connectivity index (χ1) is 12.5. The van der Waals surface area contributed by atoms with Gasteiger partial charge >= 0.3 is 5.97 Å². The van der Waals surface area contributed by atoms with E-state index in [1.807, 2.05) is 4.68 Å². The van der Waals surface area contributed by atoms with Crippen molar-refractivity contribution in [2.45, 2.75) is 38.8 Å². The van der Waals surface area contributed by atoms with Crippen LogP contribution in [0.1, 0.15) is 46.2 Å². The van der Waals surface area contributed by atoms with Crippen LogP contribution >= 0.6 is 0 Å². The number of carboxylic acid groups (broad SMARTS) is 1. The van der Waals surface area contributed by atoms with Gasteiger partial charge in [0.15, 0.2) is 0 Å². The van der Waals surface area contributed by atoms with E-state index >= 15 is 0 Å². The Hall–Kier alpha value is -3.16. The van der Waals surface area contributed by atoms with Crippen molar-refractivity contribution < 1.29 is 19.5 Å². The number of hydrogen-bond donors (Lipinski definition) is 3. The van der Waals surface area contributed by atoms with Gasteiger partial charge in [-0.15, -0.1) is 0 Å². The standard InChI is InChI=1S/C18H20N4O4/c1-11(18(25)26)20-16(23)12-5-7-13(8-6-12)21-17(24)14-10-19-22-9-3-2-4-15(14)22/h5-8,10-11H,2-4,9H2,1H3,(H,20,23)(H,21,24)(H,25,26). The number of hydrogen-bond acceptors (Lipinski definition) is 4. The summed E-state index contributed by atoms with van der Waals surface area (Å²) in [7, 11) is 0. The Kier molecular flexibility index (Phi) is 5.01. The molecule has 0 spiro atoms. The van der Waals surface area contributed by atoms with E-state index in [4.69, 9.17) is 5.11 Å². The van der Waals surface area contributed by atoms with Gasteiger partial charge in [0.05, 0.1) is 17.5 Å². The van der Waals surface area contributed by atoms with E-state index in [0.717, 1.165) is 31.5 Å². The fraction of sp³-hybridized carbons (Fsp3) is 0.333. The van der Waals surface area contributed by atoms with E-state index in [1.165, 1.54) is 19.1 Å². The lowest BCUT2D eigenvalue weighted by Gasteiger charge is -2.14. The summed E-state index contributed by atoms with van der Waals surface area (Å²) in [6.07, 6.45) is 4.54. The Bertz CT molecular complexity index is 841. The Balaban J connectivity index is 1.66. The van der Waals surface area contributed by atoms with Crippen LogP contribution in [0, 0.1) is 0 Å². The van der Waals surface area contributed by atoms with Gasteiger partial charge in [0.1, 0.15) is 6.04 Å². The van der Waals surface area contributed by atoms with Gasteiger partial charge in [-0.05, 0) is 50.5 Å². The molecule has 1 aliphatic rings. The van der Waals surface area contributed by atoms with Crippen molar-refractivity contribution in [3.8, 4) is 0 Å². The topological polar surface area (TPSA) is 113 Å². The number of anilines is 1. The molecule has 0 fully saturated rings. The number of nitrogens with zero attached hydrogens (tertiary/aromatic N) is 2.